The van der Waals surface area contributed by atoms with E-state index >= 15 is 0 Å². The number of carbonyl (C=O) groups excluding carboxylic acids is 1. The maximum absolute atomic E-state index is 9.69. The van der Waals surface area contributed by atoms with E-state index in [-0.39, 0.29) is 0 Å². The smallest absolute Gasteiger partial charge is 0.259 e. The predicted octanol–water partition coefficient (Wildman–Crippen LogP) is -1.23. The van der Waals surface area contributed by atoms with Crippen molar-refractivity contribution in [3.63, 3.8) is 0 Å². The van der Waals surface area contributed by atoms with E-state index in [9.17, 15) is 4.79 Å². The Bertz CT molecular complexity index is 59.1. The standard InChI is InChI=1S/C2H6N2O2.C2H4/c3-4-2(6)1-5;1-2/h5H,1,3H2,(H,4,6);1-2H2. The van der Waals surface area contributed by atoms with Gasteiger partial charge in [-0.3, -0.25) is 10.2 Å². The maximum atomic E-state index is 9.69. The molecule has 0 aromatic carbocycles. The summed E-state index contributed by atoms with van der Waals surface area (Å²) in [6.07, 6.45) is 0. The average molecular weight is 118 g/mol. The van der Waals surface area contributed by atoms with Crippen LogP contribution in [0.4, 0.5) is 0 Å². The third kappa shape index (κ3) is 8.93. The van der Waals surface area contributed by atoms with Crippen LogP contribution in [0.1, 0.15) is 0 Å². The van der Waals surface area contributed by atoms with Crippen molar-refractivity contribution < 1.29 is 9.90 Å². The van der Waals surface area contributed by atoms with Crippen molar-refractivity contribution in [2.75, 3.05) is 6.61 Å². The lowest BCUT2D eigenvalue weighted by Crippen LogP contribution is -2.32. The molecule has 4 nitrogen and oxygen atoms in total. The Morgan fingerprint density at radius 2 is 2.12 bits per heavy atom. The summed E-state index contributed by atoms with van der Waals surface area (Å²) >= 11 is 0. The summed E-state index contributed by atoms with van der Waals surface area (Å²) in [7, 11) is 0. The Balaban J connectivity index is 0. The van der Waals surface area contributed by atoms with Gasteiger partial charge in [0, 0.05) is 0 Å². The van der Waals surface area contributed by atoms with Crippen LogP contribution in [0.5, 0.6) is 0 Å². The number of amides is 1. The van der Waals surface area contributed by atoms with Crippen LogP contribution in [-0.2, 0) is 4.79 Å². The van der Waals surface area contributed by atoms with Crippen molar-refractivity contribution in [1.29, 1.82) is 0 Å². The van der Waals surface area contributed by atoms with E-state index in [1.54, 1.807) is 5.43 Å². The van der Waals surface area contributed by atoms with E-state index in [0.29, 0.717) is 0 Å². The molecule has 0 heterocycles. The molecule has 0 aliphatic carbocycles. The van der Waals surface area contributed by atoms with Gasteiger partial charge in [0.15, 0.2) is 0 Å². The van der Waals surface area contributed by atoms with Gasteiger partial charge in [-0.1, -0.05) is 0 Å². The van der Waals surface area contributed by atoms with Crippen LogP contribution in [0.3, 0.4) is 0 Å². The topological polar surface area (TPSA) is 75.3 Å². The van der Waals surface area contributed by atoms with Gasteiger partial charge in [-0.15, -0.1) is 13.2 Å². The zero-order valence-electron chi connectivity index (χ0n) is 4.55. The lowest BCUT2D eigenvalue weighted by Gasteiger charge is -1.86. The van der Waals surface area contributed by atoms with E-state index in [1.165, 1.54) is 0 Å². The molecule has 0 unspecified atom stereocenters. The first-order chi connectivity index (χ1) is 3.81. The Labute approximate surface area is 48.0 Å². The quantitative estimate of drug-likeness (QED) is 0.175. The highest BCUT2D eigenvalue weighted by atomic mass is 16.3. The first-order valence-corrected chi connectivity index (χ1v) is 1.91. The lowest BCUT2D eigenvalue weighted by molar-refractivity contribution is -0.123. The van der Waals surface area contributed by atoms with E-state index in [0.717, 1.165) is 0 Å². The minimum absolute atomic E-state index is 0.545. The molecule has 0 radical (unpaired) electrons. The highest BCUT2D eigenvalue weighted by Gasteiger charge is 1.86. The summed E-state index contributed by atoms with van der Waals surface area (Å²) in [5, 5.41) is 7.84. The number of nitrogens with two attached hydrogens (primary N) is 1. The number of carbonyl (C=O) groups is 1. The molecular weight excluding hydrogens is 108 g/mol. The molecular formula is C4H10N2O2. The molecule has 0 aliphatic heterocycles. The molecule has 0 bridgehead atoms. The van der Waals surface area contributed by atoms with Gasteiger partial charge >= 0.3 is 0 Å². The maximum Gasteiger partial charge on any atom is 0.259 e. The Morgan fingerprint density at radius 1 is 1.75 bits per heavy atom. The molecule has 0 saturated heterocycles. The fourth-order valence-electron chi connectivity index (χ4n) is 0.0456. The van der Waals surface area contributed by atoms with Gasteiger partial charge in [-0.25, -0.2) is 5.84 Å². The fourth-order valence-corrected chi connectivity index (χ4v) is 0.0456. The van der Waals surface area contributed by atoms with Gasteiger partial charge < -0.3 is 5.11 Å². The van der Waals surface area contributed by atoms with E-state index in [4.69, 9.17) is 5.11 Å². The fraction of sp³-hybridized carbons (Fsp3) is 0.250. The molecule has 4 heteroatoms. The molecule has 0 fully saturated rings. The molecule has 4 N–H and O–H groups in total. The third-order valence-corrected chi connectivity index (χ3v) is 0.305. The minimum atomic E-state index is -0.574. The summed E-state index contributed by atoms with van der Waals surface area (Å²) in [5.74, 6) is 3.95. The monoisotopic (exact) mass is 118 g/mol. The molecule has 0 atom stereocenters. The van der Waals surface area contributed by atoms with Crippen molar-refractivity contribution in [3.8, 4) is 0 Å². The van der Waals surface area contributed by atoms with E-state index < -0.39 is 12.5 Å². The van der Waals surface area contributed by atoms with Gasteiger partial charge in [0.2, 0.25) is 0 Å². The largest absolute Gasteiger partial charge is 0.386 e. The minimum Gasteiger partial charge on any atom is -0.386 e. The lowest BCUT2D eigenvalue weighted by atomic mass is 10.7. The van der Waals surface area contributed by atoms with Gasteiger partial charge in [-0.05, 0) is 0 Å². The molecule has 0 rings (SSSR count). The number of aliphatic hydroxyl groups is 1. The summed E-state index contributed by atoms with van der Waals surface area (Å²) in [6.45, 7) is 5.45. The number of rotatable bonds is 1. The van der Waals surface area contributed by atoms with Crippen LogP contribution in [0.2, 0.25) is 0 Å². The molecule has 0 saturated carbocycles. The number of hydrogen-bond donors (Lipinski definition) is 3. The number of hydrazine groups is 1. The first-order valence-electron chi connectivity index (χ1n) is 1.91. The van der Waals surface area contributed by atoms with Crippen LogP contribution < -0.4 is 11.3 Å². The SMILES string of the molecule is C=C.NNC(=O)CO. The predicted molar refractivity (Wildman–Crippen MR) is 30.7 cm³/mol. The summed E-state index contributed by atoms with van der Waals surface area (Å²) in [4.78, 5) is 9.69. The summed E-state index contributed by atoms with van der Waals surface area (Å²) in [5.41, 5.74) is 1.73. The summed E-state index contributed by atoms with van der Waals surface area (Å²) in [6, 6.07) is 0. The zero-order valence-corrected chi connectivity index (χ0v) is 4.55. The van der Waals surface area contributed by atoms with E-state index in [1.807, 2.05) is 0 Å². The Hall–Kier alpha value is -0.870. The first kappa shape index (κ1) is 10.2. The second-order valence-corrected chi connectivity index (χ2v) is 0.726. The molecule has 0 spiro atoms. The molecule has 0 aliphatic rings. The van der Waals surface area contributed by atoms with Gasteiger partial charge in [0.05, 0.1) is 0 Å². The highest BCUT2D eigenvalue weighted by molar-refractivity contribution is 5.76. The van der Waals surface area contributed by atoms with Crippen molar-refractivity contribution in [2.24, 2.45) is 5.84 Å². The molecule has 1 amide bonds. The molecule has 48 valence electrons. The van der Waals surface area contributed by atoms with Gasteiger partial charge in [0.1, 0.15) is 6.61 Å². The average Bonchev–Trinajstić information content (AvgIpc) is 1.91. The van der Waals surface area contributed by atoms with Crippen LogP contribution >= 0.6 is 0 Å². The molecule has 0 aromatic rings. The van der Waals surface area contributed by atoms with Gasteiger partial charge in [0.25, 0.3) is 5.91 Å². The normalized spacial score (nSPS) is 6.25. The summed E-state index contributed by atoms with van der Waals surface area (Å²) < 4.78 is 0. The molecule has 0 aromatic heterocycles. The van der Waals surface area contributed by atoms with Gasteiger partial charge in [-0.2, -0.15) is 0 Å². The highest BCUT2D eigenvalue weighted by Crippen LogP contribution is 1.48. The van der Waals surface area contributed by atoms with E-state index in [2.05, 4.69) is 19.0 Å². The van der Waals surface area contributed by atoms with Crippen molar-refractivity contribution in [3.05, 3.63) is 13.2 Å². The zero-order chi connectivity index (χ0) is 6.99. The van der Waals surface area contributed by atoms with Crippen LogP contribution in [0.15, 0.2) is 13.2 Å². The second kappa shape index (κ2) is 9.46. The number of nitrogens with one attached hydrogen (secondary N) is 1. The Kier molecular flexibility index (Phi) is 12.0. The van der Waals surface area contributed by atoms with Crippen molar-refractivity contribution in [1.82, 2.24) is 5.43 Å². The number of hydrogen-bond acceptors (Lipinski definition) is 3. The molecule has 8 heavy (non-hydrogen) atoms. The van der Waals surface area contributed by atoms with Crippen molar-refractivity contribution >= 4 is 5.91 Å². The second-order valence-electron chi connectivity index (χ2n) is 0.726. The van der Waals surface area contributed by atoms with Crippen LogP contribution in [0.25, 0.3) is 0 Å². The number of aliphatic hydroxyl groups excluding tert-OH is 1. The Morgan fingerprint density at radius 3 is 2.12 bits per heavy atom. The third-order valence-electron chi connectivity index (χ3n) is 0.305. The van der Waals surface area contributed by atoms with Crippen LogP contribution in [-0.4, -0.2) is 17.6 Å². The van der Waals surface area contributed by atoms with Crippen LogP contribution in [0, 0.1) is 0 Å². The van der Waals surface area contributed by atoms with Crippen molar-refractivity contribution in [2.45, 2.75) is 0 Å².